The lowest BCUT2D eigenvalue weighted by atomic mass is 9.98. The molecule has 0 radical (unpaired) electrons. The van der Waals surface area contributed by atoms with Crippen LogP contribution in [0.15, 0.2) is 48.7 Å². The highest BCUT2D eigenvalue weighted by molar-refractivity contribution is 5.94. The summed E-state index contributed by atoms with van der Waals surface area (Å²) in [6, 6.07) is 14.1. The second-order valence-electron chi connectivity index (χ2n) is 7.42. The number of aryl methyl sites for hydroxylation is 2. The Morgan fingerprint density at radius 3 is 2.83 bits per heavy atom. The first-order valence-electron chi connectivity index (χ1n) is 10.2. The molecular weight excluding hydrogens is 378 g/mol. The molecule has 1 unspecified atom stereocenters. The maximum absolute atomic E-state index is 12.5. The number of anilines is 1. The van der Waals surface area contributed by atoms with Gasteiger partial charge in [0.25, 0.3) is 0 Å². The van der Waals surface area contributed by atoms with Crippen molar-refractivity contribution in [2.24, 2.45) is 0 Å². The Kier molecular flexibility index (Phi) is 5.65. The van der Waals surface area contributed by atoms with Crippen LogP contribution in [-0.2, 0) is 4.74 Å². The Balaban J connectivity index is 1.74. The molecule has 0 amide bonds. The van der Waals surface area contributed by atoms with E-state index in [1.54, 1.807) is 13.1 Å². The van der Waals surface area contributed by atoms with E-state index < -0.39 is 5.97 Å². The first-order valence-corrected chi connectivity index (χ1v) is 10.2. The molecule has 0 fully saturated rings. The molecule has 0 aliphatic carbocycles. The molecule has 3 aromatic rings. The van der Waals surface area contributed by atoms with Crippen molar-refractivity contribution in [3.63, 3.8) is 0 Å². The summed E-state index contributed by atoms with van der Waals surface area (Å²) in [6.07, 6.45) is 2.31. The van der Waals surface area contributed by atoms with Gasteiger partial charge in [0.2, 0.25) is 0 Å². The van der Waals surface area contributed by atoms with Crippen LogP contribution in [0, 0.1) is 13.8 Å². The maximum Gasteiger partial charge on any atom is 0.343 e. The number of carbonyl (C=O) groups is 1. The normalized spacial score (nSPS) is 15.1. The summed E-state index contributed by atoms with van der Waals surface area (Å²) in [6.45, 7) is 6.74. The van der Waals surface area contributed by atoms with Crippen LogP contribution < -0.4 is 10.1 Å². The van der Waals surface area contributed by atoms with Crippen molar-refractivity contribution in [1.29, 1.82) is 0 Å². The second-order valence-corrected chi connectivity index (χ2v) is 7.42. The summed E-state index contributed by atoms with van der Waals surface area (Å²) in [5.74, 6) is 1.45. The SMILES string of the molecule is CCOC(=O)c1cnc(-c2cccc(C)c2)nc1NC1CCOc2ccc(C)cc21. The van der Waals surface area contributed by atoms with Crippen molar-refractivity contribution in [2.45, 2.75) is 33.2 Å². The van der Waals surface area contributed by atoms with Crippen LogP contribution in [0.3, 0.4) is 0 Å². The molecule has 1 atom stereocenters. The Bertz CT molecular complexity index is 1080. The fourth-order valence-corrected chi connectivity index (χ4v) is 3.60. The largest absolute Gasteiger partial charge is 0.493 e. The van der Waals surface area contributed by atoms with Gasteiger partial charge in [-0.15, -0.1) is 0 Å². The highest BCUT2D eigenvalue weighted by Gasteiger charge is 2.25. The lowest BCUT2D eigenvalue weighted by Gasteiger charge is -2.28. The molecule has 0 saturated carbocycles. The van der Waals surface area contributed by atoms with Gasteiger partial charge in [-0.25, -0.2) is 14.8 Å². The number of aromatic nitrogens is 2. The number of carbonyl (C=O) groups excluding carboxylic acids is 1. The lowest BCUT2D eigenvalue weighted by molar-refractivity contribution is 0.0526. The topological polar surface area (TPSA) is 73.3 Å². The number of nitrogens with one attached hydrogen (secondary N) is 1. The molecule has 0 spiro atoms. The fraction of sp³-hybridized carbons (Fsp3) is 0.292. The molecule has 2 aromatic carbocycles. The molecule has 1 aliphatic rings. The standard InChI is InChI=1S/C24H25N3O3/c1-4-29-24(28)19-14-25-22(17-7-5-6-15(2)12-17)27-23(19)26-20-10-11-30-21-9-8-16(3)13-18(20)21/h5-9,12-14,20H,4,10-11H2,1-3H3,(H,25,26,27). The van der Waals surface area contributed by atoms with Gasteiger partial charge in [0.15, 0.2) is 5.82 Å². The number of nitrogens with zero attached hydrogens (tertiary/aromatic N) is 2. The Morgan fingerprint density at radius 2 is 2.03 bits per heavy atom. The minimum Gasteiger partial charge on any atom is -0.493 e. The number of hydrogen-bond acceptors (Lipinski definition) is 6. The van der Waals surface area contributed by atoms with E-state index in [1.807, 2.05) is 43.3 Å². The smallest absolute Gasteiger partial charge is 0.343 e. The van der Waals surface area contributed by atoms with Crippen molar-refractivity contribution >= 4 is 11.8 Å². The van der Waals surface area contributed by atoms with Gasteiger partial charge in [0.1, 0.15) is 17.1 Å². The van der Waals surface area contributed by atoms with Crippen molar-refractivity contribution in [2.75, 3.05) is 18.5 Å². The third-order valence-corrected chi connectivity index (χ3v) is 5.08. The summed E-state index contributed by atoms with van der Waals surface area (Å²) >= 11 is 0. The summed E-state index contributed by atoms with van der Waals surface area (Å²) < 4.78 is 11.0. The van der Waals surface area contributed by atoms with Gasteiger partial charge in [-0.05, 0) is 32.9 Å². The first kappa shape index (κ1) is 19.9. The van der Waals surface area contributed by atoms with Gasteiger partial charge in [-0.3, -0.25) is 0 Å². The molecule has 1 aliphatic heterocycles. The Hall–Kier alpha value is -3.41. The average molecular weight is 403 g/mol. The van der Waals surface area contributed by atoms with Crippen LogP contribution in [-0.4, -0.2) is 29.2 Å². The van der Waals surface area contributed by atoms with Crippen molar-refractivity contribution in [3.05, 3.63) is 70.9 Å². The molecule has 30 heavy (non-hydrogen) atoms. The summed E-state index contributed by atoms with van der Waals surface area (Å²) in [5.41, 5.74) is 4.56. The van der Waals surface area contributed by atoms with Gasteiger partial charge in [-0.2, -0.15) is 0 Å². The fourth-order valence-electron chi connectivity index (χ4n) is 3.60. The summed E-state index contributed by atoms with van der Waals surface area (Å²) in [4.78, 5) is 21.7. The molecule has 154 valence electrons. The third kappa shape index (κ3) is 4.13. The van der Waals surface area contributed by atoms with Crippen LogP contribution in [0.25, 0.3) is 11.4 Å². The molecule has 1 N–H and O–H groups in total. The second kappa shape index (κ2) is 8.53. The quantitative estimate of drug-likeness (QED) is 0.613. The minimum atomic E-state index is -0.438. The molecule has 6 heteroatoms. The van der Waals surface area contributed by atoms with E-state index >= 15 is 0 Å². The van der Waals surface area contributed by atoms with E-state index in [0.717, 1.165) is 34.4 Å². The van der Waals surface area contributed by atoms with Crippen molar-refractivity contribution in [3.8, 4) is 17.1 Å². The van der Waals surface area contributed by atoms with E-state index in [2.05, 4.69) is 23.3 Å². The third-order valence-electron chi connectivity index (χ3n) is 5.08. The van der Waals surface area contributed by atoms with Gasteiger partial charge in [0, 0.05) is 23.7 Å². The van der Waals surface area contributed by atoms with Crippen molar-refractivity contribution < 1.29 is 14.3 Å². The summed E-state index contributed by atoms with van der Waals surface area (Å²) in [5, 5.41) is 3.47. The monoisotopic (exact) mass is 403 g/mol. The molecule has 0 saturated heterocycles. The van der Waals surface area contributed by atoms with Gasteiger partial charge in [-0.1, -0.05) is 41.5 Å². The molecule has 6 nitrogen and oxygen atoms in total. The number of hydrogen-bond donors (Lipinski definition) is 1. The first-order chi connectivity index (χ1) is 14.5. The van der Waals surface area contributed by atoms with E-state index in [0.29, 0.717) is 23.8 Å². The number of benzene rings is 2. The zero-order valence-corrected chi connectivity index (χ0v) is 17.4. The van der Waals surface area contributed by atoms with Gasteiger partial charge >= 0.3 is 5.97 Å². The zero-order chi connectivity index (χ0) is 21.1. The number of fused-ring (bicyclic) bond motifs is 1. The Labute approximate surface area is 176 Å². The van der Waals surface area contributed by atoms with Gasteiger partial charge < -0.3 is 14.8 Å². The van der Waals surface area contributed by atoms with E-state index in [9.17, 15) is 4.79 Å². The Morgan fingerprint density at radius 1 is 1.20 bits per heavy atom. The zero-order valence-electron chi connectivity index (χ0n) is 17.4. The van der Waals surface area contributed by atoms with Gasteiger partial charge in [0.05, 0.1) is 19.3 Å². The molecular formula is C24H25N3O3. The predicted octanol–water partition coefficient (Wildman–Crippen LogP) is 4.87. The van der Waals surface area contributed by atoms with Crippen LogP contribution >= 0.6 is 0 Å². The van der Waals surface area contributed by atoms with Crippen LogP contribution in [0.1, 0.15) is 46.4 Å². The highest BCUT2D eigenvalue weighted by Crippen LogP contribution is 2.35. The van der Waals surface area contributed by atoms with E-state index in [-0.39, 0.29) is 12.6 Å². The number of ether oxygens (including phenoxy) is 2. The highest BCUT2D eigenvalue weighted by atomic mass is 16.5. The van der Waals surface area contributed by atoms with E-state index in [1.165, 1.54) is 0 Å². The minimum absolute atomic E-state index is 0.0258. The van der Waals surface area contributed by atoms with Crippen molar-refractivity contribution in [1.82, 2.24) is 9.97 Å². The van der Waals surface area contributed by atoms with E-state index in [4.69, 9.17) is 14.5 Å². The average Bonchev–Trinajstić information content (AvgIpc) is 2.74. The number of rotatable bonds is 5. The number of esters is 1. The summed E-state index contributed by atoms with van der Waals surface area (Å²) in [7, 11) is 0. The molecule has 1 aromatic heterocycles. The molecule has 4 rings (SSSR count). The van der Waals surface area contributed by atoms with Crippen LogP contribution in [0.5, 0.6) is 5.75 Å². The molecule has 0 bridgehead atoms. The van der Waals surface area contributed by atoms with Crippen LogP contribution in [0.2, 0.25) is 0 Å². The lowest BCUT2D eigenvalue weighted by Crippen LogP contribution is -2.23. The van der Waals surface area contributed by atoms with Crippen LogP contribution in [0.4, 0.5) is 5.82 Å². The maximum atomic E-state index is 12.5. The predicted molar refractivity (Wildman–Crippen MR) is 116 cm³/mol. The molecule has 2 heterocycles.